The van der Waals surface area contributed by atoms with Crippen LogP contribution in [0.3, 0.4) is 0 Å². The summed E-state index contributed by atoms with van der Waals surface area (Å²) in [6.07, 6.45) is 9.45. The van der Waals surface area contributed by atoms with Gasteiger partial charge in [0.25, 0.3) is 0 Å². The summed E-state index contributed by atoms with van der Waals surface area (Å²) >= 11 is 0. The second-order valence-corrected chi connectivity index (χ2v) is 8.11. The molecular weight excluding hydrogens is 354 g/mol. The van der Waals surface area contributed by atoms with Gasteiger partial charge in [0, 0.05) is 36.9 Å². The highest BCUT2D eigenvalue weighted by Crippen LogP contribution is 2.37. The van der Waals surface area contributed by atoms with E-state index in [1.54, 1.807) is 0 Å². The smallest absolute Gasteiger partial charge is 0.0803 e. The average Bonchev–Trinajstić information content (AvgIpc) is 2.89. The molecule has 3 heterocycles. The molecule has 1 aliphatic heterocycles. The molecule has 1 saturated carbocycles. The van der Waals surface area contributed by atoms with Gasteiger partial charge in [0.2, 0.25) is 0 Å². The van der Waals surface area contributed by atoms with Gasteiger partial charge >= 0.3 is 0 Å². The quantitative estimate of drug-likeness (QED) is 0.602. The number of pyridine rings is 1. The van der Waals surface area contributed by atoms with Gasteiger partial charge in [-0.1, -0.05) is 30.7 Å². The van der Waals surface area contributed by atoms with Crippen LogP contribution in [-0.4, -0.2) is 16.1 Å². The van der Waals surface area contributed by atoms with Gasteiger partial charge in [0.05, 0.1) is 17.4 Å². The van der Waals surface area contributed by atoms with Crippen LogP contribution in [0.2, 0.25) is 0 Å². The largest absolute Gasteiger partial charge is 0.364 e. The molecule has 3 nitrogen and oxygen atoms in total. The third-order valence-electron chi connectivity index (χ3n) is 6.66. The van der Waals surface area contributed by atoms with Crippen molar-refractivity contribution in [2.24, 2.45) is 5.92 Å². The van der Waals surface area contributed by atoms with E-state index in [-0.39, 0.29) is 12.4 Å². The first-order valence-corrected chi connectivity index (χ1v) is 9.97. The maximum atomic E-state index is 4.62. The van der Waals surface area contributed by atoms with Crippen molar-refractivity contribution in [2.75, 3.05) is 11.4 Å². The number of nitrogens with zero attached hydrogens (tertiary/aromatic N) is 3. The first-order chi connectivity index (χ1) is 12.7. The first-order valence-electron chi connectivity index (χ1n) is 9.97. The van der Waals surface area contributed by atoms with Gasteiger partial charge in [-0.2, -0.15) is 0 Å². The molecule has 0 unspecified atom stereocenters. The normalized spacial score (nSPS) is 16.7. The predicted octanol–water partition coefficient (Wildman–Crippen LogP) is 5.44. The Morgan fingerprint density at radius 2 is 1.85 bits per heavy atom. The Hall–Kier alpha value is -2.00. The molecule has 27 heavy (non-hydrogen) atoms. The minimum absolute atomic E-state index is 0. The summed E-state index contributed by atoms with van der Waals surface area (Å²) in [6, 6.07) is 8.88. The Labute approximate surface area is 167 Å². The maximum absolute atomic E-state index is 4.62. The molecule has 1 aromatic carbocycles. The van der Waals surface area contributed by atoms with E-state index in [4.69, 9.17) is 0 Å². The van der Waals surface area contributed by atoms with Crippen molar-refractivity contribution in [3.05, 3.63) is 59.0 Å². The van der Waals surface area contributed by atoms with Gasteiger partial charge < -0.3 is 9.47 Å². The summed E-state index contributed by atoms with van der Waals surface area (Å²) in [7, 11) is 0. The molecule has 0 amide bonds. The fourth-order valence-electron chi connectivity index (χ4n) is 4.66. The summed E-state index contributed by atoms with van der Waals surface area (Å²) in [5, 5.41) is 1.33. The predicted molar refractivity (Wildman–Crippen MR) is 115 cm³/mol. The molecular formula is C23H28ClN3. The molecule has 1 aliphatic carbocycles. The Balaban J connectivity index is 0.00000180. The molecule has 0 spiro atoms. The number of hydrogen-bond acceptors (Lipinski definition) is 2. The average molecular weight is 382 g/mol. The number of anilines is 1. The third-order valence-corrected chi connectivity index (χ3v) is 6.66. The van der Waals surface area contributed by atoms with Gasteiger partial charge in [-0.3, -0.25) is 4.98 Å². The number of rotatable bonds is 3. The van der Waals surface area contributed by atoms with Gasteiger partial charge in [-0.25, -0.2) is 0 Å². The van der Waals surface area contributed by atoms with Gasteiger partial charge in [-0.05, 0) is 55.7 Å². The van der Waals surface area contributed by atoms with E-state index in [9.17, 15) is 0 Å². The highest BCUT2D eigenvalue weighted by atomic mass is 35.5. The second kappa shape index (κ2) is 7.20. The standard InChI is InChI=1S/C23H27N3.ClH/c1-16-17(2)26(14-18-6-5-7-18)23-21(16)12-24-13-22(23)25-11-10-19-8-3-4-9-20(19)15-25;/h3-4,8-9,12-13,18H,5-7,10-11,14-15H2,1-2H3;1H. The zero-order valence-corrected chi connectivity index (χ0v) is 17.1. The van der Waals surface area contributed by atoms with Crippen LogP contribution in [0.1, 0.15) is 41.6 Å². The van der Waals surface area contributed by atoms with E-state index < -0.39 is 0 Å². The number of aromatic nitrogens is 2. The van der Waals surface area contributed by atoms with Crippen molar-refractivity contribution in [3.8, 4) is 0 Å². The fraction of sp³-hybridized carbons (Fsp3) is 0.435. The molecule has 0 radical (unpaired) electrons. The Bertz CT molecular complexity index is 971. The van der Waals surface area contributed by atoms with Crippen molar-refractivity contribution in [1.29, 1.82) is 0 Å². The van der Waals surface area contributed by atoms with Crippen molar-refractivity contribution in [3.63, 3.8) is 0 Å². The molecule has 0 N–H and O–H groups in total. The molecule has 3 aromatic rings. The van der Waals surface area contributed by atoms with Crippen LogP contribution in [0, 0.1) is 19.8 Å². The number of halogens is 1. The third kappa shape index (κ3) is 3.02. The zero-order valence-electron chi connectivity index (χ0n) is 16.2. The molecule has 1 fully saturated rings. The Morgan fingerprint density at radius 1 is 1.07 bits per heavy atom. The van der Waals surface area contributed by atoms with Crippen LogP contribution < -0.4 is 4.90 Å². The van der Waals surface area contributed by atoms with E-state index in [1.807, 2.05) is 0 Å². The minimum Gasteiger partial charge on any atom is -0.364 e. The lowest BCUT2D eigenvalue weighted by Crippen LogP contribution is -2.31. The highest BCUT2D eigenvalue weighted by molar-refractivity contribution is 5.94. The fourth-order valence-corrected chi connectivity index (χ4v) is 4.66. The zero-order chi connectivity index (χ0) is 17.7. The number of benzene rings is 1. The van der Waals surface area contributed by atoms with E-state index in [2.05, 4.69) is 65.0 Å². The van der Waals surface area contributed by atoms with Crippen LogP contribution in [0.5, 0.6) is 0 Å². The molecule has 5 rings (SSSR count). The highest BCUT2D eigenvalue weighted by Gasteiger charge is 2.25. The summed E-state index contributed by atoms with van der Waals surface area (Å²) in [4.78, 5) is 7.15. The first kappa shape index (κ1) is 18.4. The van der Waals surface area contributed by atoms with Crippen LogP contribution in [0.25, 0.3) is 10.9 Å². The van der Waals surface area contributed by atoms with Crippen molar-refractivity contribution in [1.82, 2.24) is 9.55 Å². The lowest BCUT2D eigenvalue weighted by Gasteiger charge is -2.32. The Kier molecular flexibility index (Phi) is 4.90. The van der Waals surface area contributed by atoms with Crippen LogP contribution in [0.4, 0.5) is 5.69 Å². The Morgan fingerprint density at radius 3 is 2.59 bits per heavy atom. The maximum Gasteiger partial charge on any atom is 0.0803 e. The topological polar surface area (TPSA) is 21.1 Å². The van der Waals surface area contributed by atoms with Crippen LogP contribution in [0.15, 0.2) is 36.7 Å². The lowest BCUT2D eigenvalue weighted by atomic mass is 9.85. The van der Waals surface area contributed by atoms with E-state index in [0.717, 1.165) is 32.0 Å². The lowest BCUT2D eigenvalue weighted by molar-refractivity contribution is 0.278. The molecule has 4 heteroatoms. The summed E-state index contributed by atoms with van der Waals surface area (Å²) in [5.41, 5.74) is 8.49. The van der Waals surface area contributed by atoms with Gasteiger partial charge in [0.1, 0.15) is 0 Å². The van der Waals surface area contributed by atoms with Crippen molar-refractivity contribution in [2.45, 2.75) is 52.6 Å². The number of fused-ring (bicyclic) bond motifs is 2. The van der Waals surface area contributed by atoms with E-state index in [0.29, 0.717) is 0 Å². The van der Waals surface area contributed by atoms with Crippen molar-refractivity contribution >= 4 is 29.0 Å². The molecule has 2 aliphatic rings. The second-order valence-electron chi connectivity index (χ2n) is 8.11. The van der Waals surface area contributed by atoms with E-state index in [1.165, 1.54) is 58.2 Å². The van der Waals surface area contributed by atoms with Crippen LogP contribution >= 0.6 is 12.4 Å². The van der Waals surface area contributed by atoms with Crippen LogP contribution in [-0.2, 0) is 19.5 Å². The number of aryl methyl sites for hydroxylation is 1. The summed E-state index contributed by atoms with van der Waals surface area (Å²) in [6.45, 7) is 7.76. The SMILES string of the molecule is Cc1c(C)n(CC2CCC2)c2c(N3CCc4ccccc4C3)cncc12.Cl. The van der Waals surface area contributed by atoms with Gasteiger partial charge in [-0.15, -0.1) is 12.4 Å². The summed E-state index contributed by atoms with van der Waals surface area (Å²) in [5.74, 6) is 0.854. The summed E-state index contributed by atoms with van der Waals surface area (Å²) < 4.78 is 2.59. The molecule has 0 saturated heterocycles. The number of hydrogen-bond donors (Lipinski definition) is 0. The molecule has 2 aromatic heterocycles. The molecule has 0 bridgehead atoms. The van der Waals surface area contributed by atoms with E-state index >= 15 is 0 Å². The molecule has 142 valence electrons. The van der Waals surface area contributed by atoms with Crippen molar-refractivity contribution < 1.29 is 0 Å². The molecule has 0 atom stereocenters. The monoisotopic (exact) mass is 381 g/mol. The minimum atomic E-state index is 0. The van der Waals surface area contributed by atoms with Gasteiger partial charge in [0.15, 0.2) is 0 Å².